The van der Waals surface area contributed by atoms with Crippen LogP contribution < -0.4 is 10.9 Å². The predicted octanol–water partition coefficient (Wildman–Crippen LogP) is 3.66. The molecular formula is C20H27N3O2S2. The molecule has 1 N–H and O–H groups in total. The average Bonchev–Trinajstić information content (AvgIpc) is 3.22. The fourth-order valence-electron chi connectivity index (χ4n) is 4.25. The quantitative estimate of drug-likeness (QED) is 0.623. The first-order valence-electron chi connectivity index (χ1n) is 9.94. The van der Waals surface area contributed by atoms with Gasteiger partial charge in [-0.15, -0.1) is 11.3 Å². The van der Waals surface area contributed by atoms with Crippen molar-refractivity contribution >= 4 is 39.2 Å². The van der Waals surface area contributed by atoms with Crippen molar-refractivity contribution < 1.29 is 4.79 Å². The Balaban J connectivity index is 1.53. The molecule has 3 atom stereocenters. The van der Waals surface area contributed by atoms with Gasteiger partial charge in [-0.25, -0.2) is 4.98 Å². The van der Waals surface area contributed by atoms with Crippen molar-refractivity contribution in [3.05, 3.63) is 20.8 Å². The lowest BCUT2D eigenvalue weighted by Crippen LogP contribution is -2.44. The van der Waals surface area contributed by atoms with Crippen molar-refractivity contribution in [2.45, 2.75) is 75.2 Å². The van der Waals surface area contributed by atoms with Crippen LogP contribution >= 0.6 is 23.1 Å². The van der Waals surface area contributed by atoms with E-state index in [1.165, 1.54) is 41.5 Å². The first-order chi connectivity index (χ1) is 13.0. The Morgan fingerprint density at radius 1 is 1.30 bits per heavy atom. The van der Waals surface area contributed by atoms with Crippen LogP contribution in [0.2, 0.25) is 0 Å². The van der Waals surface area contributed by atoms with Crippen LogP contribution in [-0.2, 0) is 24.7 Å². The van der Waals surface area contributed by atoms with Crippen LogP contribution in [0.5, 0.6) is 0 Å². The third kappa shape index (κ3) is 3.56. The molecule has 0 unspecified atom stereocenters. The number of amides is 1. The summed E-state index contributed by atoms with van der Waals surface area (Å²) in [7, 11) is 1.77. The Morgan fingerprint density at radius 2 is 2.07 bits per heavy atom. The maximum absolute atomic E-state index is 12.9. The van der Waals surface area contributed by atoms with Crippen LogP contribution in [0.3, 0.4) is 0 Å². The number of nitrogens with zero attached hydrogens (tertiary/aromatic N) is 2. The highest BCUT2D eigenvalue weighted by Gasteiger charge is 2.27. The van der Waals surface area contributed by atoms with Crippen LogP contribution in [0.15, 0.2) is 9.95 Å². The normalized spacial score (nSPS) is 23.4. The smallest absolute Gasteiger partial charge is 0.262 e. The minimum atomic E-state index is -0.276. The zero-order valence-electron chi connectivity index (χ0n) is 16.2. The van der Waals surface area contributed by atoms with Gasteiger partial charge in [-0.2, -0.15) is 0 Å². The molecule has 0 radical (unpaired) electrons. The van der Waals surface area contributed by atoms with Gasteiger partial charge in [0.25, 0.3) is 5.56 Å². The summed E-state index contributed by atoms with van der Waals surface area (Å²) in [5.41, 5.74) is 1.23. The molecule has 1 amide bonds. The van der Waals surface area contributed by atoms with Gasteiger partial charge in [-0.1, -0.05) is 31.5 Å². The molecule has 7 heteroatoms. The fraction of sp³-hybridized carbons (Fsp3) is 0.650. The van der Waals surface area contributed by atoms with Gasteiger partial charge in [0.05, 0.1) is 10.6 Å². The van der Waals surface area contributed by atoms with E-state index >= 15 is 0 Å². The summed E-state index contributed by atoms with van der Waals surface area (Å²) < 4.78 is 1.62. The van der Waals surface area contributed by atoms with Crippen LogP contribution in [0, 0.1) is 5.92 Å². The molecule has 27 heavy (non-hydrogen) atoms. The van der Waals surface area contributed by atoms with E-state index in [4.69, 9.17) is 4.98 Å². The Bertz CT molecular complexity index is 933. The molecule has 0 bridgehead atoms. The summed E-state index contributed by atoms with van der Waals surface area (Å²) in [5.74, 6) is 0.578. The van der Waals surface area contributed by atoms with Gasteiger partial charge in [0.2, 0.25) is 5.91 Å². The Morgan fingerprint density at radius 3 is 2.85 bits per heavy atom. The summed E-state index contributed by atoms with van der Waals surface area (Å²) in [5, 5.41) is 4.37. The van der Waals surface area contributed by atoms with E-state index in [-0.39, 0.29) is 22.8 Å². The minimum absolute atomic E-state index is 0.0235. The second-order valence-corrected chi connectivity index (χ2v) is 10.3. The number of thiophene rings is 1. The van der Waals surface area contributed by atoms with Gasteiger partial charge >= 0.3 is 0 Å². The Kier molecular flexibility index (Phi) is 5.34. The standard InChI is InChI=1S/C20H27N3O2S2/c1-11-7-4-5-9-14(11)21-17(24)12(2)26-20-22-18-16(19(25)23(20)3)13-8-6-10-15(13)27-18/h11-12,14H,4-10H2,1-3H3,(H,21,24)/t11-,12-,14+/m1/s1. The predicted molar refractivity (Wildman–Crippen MR) is 112 cm³/mol. The molecule has 146 valence electrons. The van der Waals surface area contributed by atoms with E-state index in [0.29, 0.717) is 11.1 Å². The lowest BCUT2D eigenvalue weighted by molar-refractivity contribution is -0.121. The van der Waals surface area contributed by atoms with Crippen molar-refractivity contribution in [3.63, 3.8) is 0 Å². The molecule has 5 nitrogen and oxygen atoms in total. The van der Waals surface area contributed by atoms with Gasteiger partial charge in [0.1, 0.15) is 4.83 Å². The first-order valence-corrected chi connectivity index (χ1v) is 11.6. The van der Waals surface area contributed by atoms with Crippen molar-refractivity contribution in [2.75, 3.05) is 0 Å². The summed E-state index contributed by atoms with van der Waals surface area (Å²) >= 11 is 3.03. The molecule has 0 aromatic carbocycles. The SMILES string of the molecule is C[C@@H]1CCCC[C@@H]1NC(=O)[C@@H](C)Sc1nc2sc3c(c2c(=O)n1C)CCC3. The van der Waals surface area contributed by atoms with Gasteiger partial charge in [0, 0.05) is 18.0 Å². The van der Waals surface area contributed by atoms with E-state index in [1.807, 2.05) is 6.92 Å². The number of hydrogen-bond acceptors (Lipinski definition) is 5. The van der Waals surface area contributed by atoms with Gasteiger partial charge < -0.3 is 5.32 Å². The van der Waals surface area contributed by atoms with Crippen molar-refractivity contribution in [2.24, 2.45) is 13.0 Å². The molecule has 2 aliphatic rings. The summed E-state index contributed by atoms with van der Waals surface area (Å²) in [6.45, 7) is 4.12. The maximum Gasteiger partial charge on any atom is 0.262 e. The Hall–Kier alpha value is -1.34. The van der Waals surface area contributed by atoms with Crippen LogP contribution in [-0.4, -0.2) is 26.8 Å². The zero-order chi connectivity index (χ0) is 19.1. The summed E-state index contributed by atoms with van der Waals surface area (Å²) in [6.07, 6.45) is 7.86. The molecule has 2 heterocycles. The van der Waals surface area contributed by atoms with Gasteiger partial charge in [-0.3, -0.25) is 14.2 Å². The summed E-state index contributed by atoms with van der Waals surface area (Å²) in [6, 6.07) is 0.272. The molecule has 2 aliphatic carbocycles. The molecule has 2 aromatic heterocycles. The molecule has 0 aliphatic heterocycles. The highest BCUT2D eigenvalue weighted by Crippen LogP contribution is 2.36. The number of aryl methyl sites for hydroxylation is 2. The van der Waals surface area contributed by atoms with Crippen molar-refractivity contribution in [1.82, 2.24) is 14.9 Å². The molecule has 0 saturated heterocycles. The molecule has 0 spiro atoms. The largest absolute Gasteiger partial charge is 0.352 e. The molecular weight excluding hydrogens is 378 g/mol. The number of hydrogen-bond donors (Lipinski definition) is 1. The fourth-order valence-corrected chi connectivity index (χ4v) is 6.44. The molecule has 1 fully saturated rings. The highest BCUT2D eigenvalue weighted by atomic mass is 32.2. The second-order valence-electron chi connectivity index (χ2n) is 7.93. The first kappa shape index (κ1) is 19.0. The third-order valence-corrected chi connectivity index (χ3v) is 8.33. The monoisotopic (exact) mass is 405 g/mol. The second kappa shape index (κ2) is 7.59. The lowest BCUT2D eigenvalue weighted by atomic mass is 9.86. The summed E-state index contributed by atoms with van der Waals surface area (Å²) in [4.78, 5) is 32.5. The van der Waals surface area contributed by atoms with Gasteiger partial charge in [-0.05, 0) is 50.5 Å². The number of fused-ring (bicyclic) bond motifs is 3. The van der Waals surface area contributed by atoms with E-state index < -0.39 is 0 Å². The molecule has 2 aromatic rings. The lowest BCUT2D eigenvalue weighted by Gasteiger charge is -2.30. The number of carbonyl (C=O) groups excluding carboxylic acids is 1. The van der Waals surface area contributed by atoms with Gasteiger partial charge in [0.15, 0.2) is 5.16 Å². The number of carbonyl (C=O) groups is 1. The molecule has 1 saturated carbocycles. The van der Waals surface area contributed by atoms with Crippen LogP contribution in [0.25, 0.3) is 10.2 Å². The van der Waals surface area contributed by atoms with E-state index in [0.717, 1.165) is 35.9 Å². The third-order valence-electron chi connectivity index (χ3n) is 6.00. The van der Waals surface area contributed by atoms with E-state index in [1.54, 1.807) is 23.0 Å². The van der Waals surface area contributed by atoms with Crippen molar-refractivity contribution in [1.29, 1.82) is 0 Å². The van der Waals surface area contributed by atoms with Crippen LogP contribution in [0.1, 0.15) is 56.4 Å². The highest BCUT2D eigenvalue weighted by molar-refractivity contribution is 8.00. The minimum Gasteiger partial charge on any atom is -0.352 e. The molecule has 4 rings (SSSR count). The van der Waals surface area contributed by atoms with Crippen molar-refractivity contribution in [3.8, 4) is 0 Å². The van der Waals surface area contributed by atoms with E-state index in [2.05, 4.69) is 12.2 Å². The topological polar surface area (TPSA) is 64.0 Å². The number of thioether (sulfide) groups is 1. The zero-order valence-corrected chi connectivity index (χ0v) is 17.8. The van der Waals surface area contributed by atoms with E-state index in [9.17, 15) is 9.59 Å². The average molecular weight is 406 g/mol. The Labute approximate surface area is 167 Å². The maximum atomic E-state index is 12.9. The number of rotatable bonds is 4. The van der Waals surface area contributed by atoms with Crippen LogP contribution in [0.4, 0.5) is 0 Å². The number of nitrogens with one attached hydrogen (secondary N) is 1. The number of aromatic nitrogens is 2.